The van der Waals surface area contributed by atoms with Gasteiger partial charge in [0.05, 0.1) is 0 Å². The second-order valence-electron chi connectivity index (χ2n) is 6.24. The third kappa shape index (κ3) is 3.14. The molecule has 0 amide bonds. The van der Waals surface area contributed by atoms with Gasteiger partial charge < -0.3 is 10.2 Å². The summed E-state index contributed by atoms with van der Waals surface area (Å²) in [7, 11) is 0. The van der Waals surface area contributed by atoms with Crippen LogP contribution in [0, 0.1) is 18.7 Å². The minimum absolute atomic E-state index is 0.101. The molecule has 3 heteroatoms. The Kier molecular flexibility index (Phi) is 5.03. The monoisotopic (exact) mass is 278 g/mol. The van der Waals surface area contributed by atoms with Crippen LogP contribution >= 0.6 is 0 Å². The fraction of sp³-hybridized carbons (Fsp3) is 0.647. The molecule has 2 atom stereocenters. The van der Waals surface area contributed by atoms with Gasteiger partial charge in [0.15, 0.2) is 0 Å². The van der Waals surface area contributed by atoms with Crippen LogP contribution in [0.15, 0.2) is 18.2 Å². The first-order chi connectivity index (χ1) is 9.54. The summed E-state index contributed by atoms with van der Waals surface area (Å²) < 4.78 is 13.9. The van der Waals surface area contributed by atoms with Gasteiger partial charge in [0.25, 0.3) is 0 Å². The lowest BCUT2D eigenvalue weighted by Gasteiger charge is -2.44. The molecule has 1 aliphatic rings. The van der Waals surface area contributed by atoms with Crippen LogP contribution in [0.1, 0.15) is 39.2 Å². The van der Waals surface area contributed by atoms with Gasteiger partial charge in [-0.15, -0.1) is 0 Å². The quantitative estimate of drug-likeness (QED) is 0.902. The highest BCUT2D eigenvalue weighted by Gasteiger charge is 2.30. The van der Waals surface area contributed by atoms with Gasteiger partial charge in [-0.1, -0.05) is 33.3 Å². The molecular weight excluding hydrogens is 251 g/mol. The van der Waals surface area contributed by atoms with Crippen molar-refractivity contribution in [1.82, 2.24) is 5.32 Å². The Labute approximate surface area is 122 Å². The van der Waals surface area contributed by atoms with Crippen molar-refractivity contribution in [3.8, 4) is 0 Å². The lowest BCUT2D eigenvalue weighted by atomic mass is 9.95. The van der Waals surface area contributed by atoms with Gasteiger partial charge in [0.1, 0.15) is 5.82 Å². The Morgan fingerprint density at radius 3 is 2.80 bits per heavy atom. The smallest absolute Gasteiger partial charge is 0.128 e. The molecular formula is C17H27FN2. The molecule has 2 rings (SSSR count). The van der Waals surface area contributed by atoms with Crippen LogP contribution in [0.4, 0.5) is 10.1 Å². The largest absolute Gasteiger partial charge is 0.365 e. The van der Waals surface area contributed by atoms with E-state index in [0.29, 0.717) is 18.0 Å². The van der Waals surface area contributed by atoms with Crippen LogP contribution in [0.5, 0.6) is 0 Å². The molecule has 1 aliphatic heterocycles. The molecule has 0 aliphatic carbocycles. The highest BCUT2D eigenvalue weighted by atomic mass is 19.1. The molecule has 0 bridgehead atoms. The second-order valence-corrected chi connectivity index (χ2v) is 6.24. The van der Waals surface area contributed by atoms with Crippen LogP contribution in [0.2, 0.25) is 0 Å². The number of hydrogen-bond acceptors (Lipinski definition) is 2. The lowest BCUT2D eigenvalue weighted by Crippen LogP contribution is -2.58. The van der Waals surface area contributed by atoms with Gasteiger partial charge in [-0.2, -0.15) is 0 Å². The highest BCUT2D eigenvalue weighted by molar-refractivity contribution is 5.55. The molecule has 0 saturated carbocycles. The molecule has 112 valence electrons. The summed E-state index contributed by atoms with van der Waals surface area (Å²) in [5.41, 5.74) is 1.83. The number of anilines is 1. The van der Waals surface area contributed by atoms with Gasteiger partial charge in [-0.25, -0.2) is 4.39 Å². The van der Waals surface area contributed by atoms with Crippen LogP contribution < -0.4 is 10.2 Å². The SMILES string of the molecule is CCCC1CN(c2cccc(F)c2C)C(C(C)C)CN1. The summed E-state index contributed by atoms with van der Waals surface area (Å²) in [4.78, 5) is 2.42. The van der Waals surface area contributed by atoms with Crippen molar-refractivity contribution >= 4 is 5.69 Å². The Morgan fingerprint density at radius 2 is 2.15 bits per heavy atom. The van der Waals surface area contributed by atoms with Crippen LogP contribution in [-0.4, -0.2) is 25.2 Å². The van der Waals surface area contributed by atoms with Crippen LogP contribution in [0.3, 0.4) is 0 Å². The summed E-state index contributed by atoms with van der Waals surface area (Å²) in [6.07, 6.45) is 2.36. The number of halogens is 1. The molecule has 0 aromatic heterocycles. The summed E-state index contributed by atoms with van der Waals surface area (Å²) in [6.45, 7) is 10.6. The molecule has 2 nitrogen and oxygen atoms in total. The van der Waals surface area contributed by atoms with Gasteiger partial charge in [0, 0.05) is 36.4 Å². The third-order valence-electron chi connectivity index (χ3n) is 4.39. The van der Waals surface area contributed by atoms with E-state index in [4.69, 9.17) is 0 Å². The maximum atomic E-state index is 13.9. The maximum absolute atomic E-state index is 13.9. The fourth-order valence-electron chi connectivity index (χ4n) is 3.16. The summed E-state index contributed by atoms with van der Waals surface area (Å²) in [6, 6.07) is 6.38. The molecule has 1 saturated heterocycles. The van der Waals surface area contributed by atoms with Gasteiger partial charge in [-0.05, 0) is 31.4 Å². The zero-order valence-corrected chi connectivity index (χ0v) is 13.1. The Hall–Kier alpha value is -1.09. The van der Waals surface area contributed by atoms with E-state index in [2.05, 4.69) is 37.1 Å². The molecule has 1 fully saturated rings. The first-order valence-electron chi connectivity index (χ1n) is 7.79. The van der Waals surface area contributed by atoms with Gasteiger partial charge in [0.2, 0.25) is 0 Å². The molecule has 1 aromatic carbocycles. The van der Waals surface area contributed by atoms with Crippen molar-refractivity contribution in [2.24, 2.45) is 5.92 Å². The summed E-state index contributed by atoms with van der Waals surface area (Å²) in [5.74, 6) is 0.448. The van der Waals surface area contributed by atoms with Gasteiger partial charge in [-0.3, -0.25) is 0 Å². The molecule has 1 aromatic rings. The third-order valence-corrected chi connectivity index (χ3v) is 4.39. The van der Waals surface area contributed by atoms with Crippen molar-refractivity contribution in [2.45, 2.75) is 52.6 Å². The van der Waals surface area contributed by atoms with Crippen LogP contribution in [-0.2, 0) is 0 Å². The second kappa shape index (κ2) is 6.57. The first-order valence-corrected chi connectivity index (χ1v) is 7.79. The zero-order valence-electron chi connectivity index (χ0n) is 13.1. The summed E-state index contributed by atoms with van der Waals surface area (Å²) in [5, 5.41) is 3.65. The number of nitrogens with one attached hydrogen (secondary N) is 1. The minimum atomic E-state index is -0.101. The van der Waals surface area contributed by atoms with E-state index >= 15 is 0 Å². The average Bonchev–Trinajstić information content (AvgIpc) is 2.42. The van der Waals surface area contributed by atoms with E-state index in [0.717, 1.165) is 24.3 Å². The Bertz CT molecular complexity index is 445. The average molecular weight is 278 g/mol. The van der Waals surface area contributed by atoms with Crippen molar-refractivity contribution in [1.29, 1.82) is 0 Å². The number of piperazine rings is 1. The number of hydrogen-bond donors (Lipinski definition) is 1. The van der Waals surface area contributed by atoms with E-state index in [1.54, 1.807) is 6.07 Å². The summed E-state index contributed by atoms with van der Waals surface area (Å²) >= 11 is 0. The Morgan fingerprint density at radius 1 is 1.40 bits per heavy atom. The molecule has 0 radical (unpaired) electrons. The fourth-order valence-corrected chi connectivity index (χ4v) is 3.16. The topological polar surface area (TPSA) is 15.3 Å². The lowest BCUT2D eigenvalue weighted by molar-refractivity contribution is 0.327. The van der Waals surface area contributed by atoms with E-state index < -0.39 is 0 Å². The molecule has 1 heterocycles. The number of rotatable bonds is 4. The first kappa shape index (κ1) is 15.3. The molecule has 2 unspecified atom stereocenters. The van der Waals surface area contributed by atoms with E-state index in [-0.39, 0.29) is 5.82 Å². The predicted molar refractivity (Wildman–Crippen MR) is 83.8 cm³/mol. The normalized spacial score (nSPS) is 23.4. The van der Waals surface area contributed by atoms with Crippen molar-refractivity contribution in [3.05, 3.63) is 29.6 Å². The predicted octanol–water partition coefficient (Wildman–Crippen LogP) is 3.74. The molecule has 20 heavy (non-hydrogen) atoms. The van der Waals surface area contributed by atoms with E-state index in [1.807, 2.05) is 13.0 Å². The van der Waals surface area contributed by atoms with Crippen molar-refractivity contribution in [2.75, 3.05) is 18.0 Å². The zero-order chi connectivity index (χ0) is 14.7. The number of nitrogens with zero attached hydrogens (tertiary/aromatic N) is 1. The minimum Gasteiger partial charge on any atom is -0.365 e. The maximum Gasteiger partial charge on any atom is 0.128 e. The number of benzene rings is 1. The highest BCUT2D eigenvalue weighted by Crippen LogP contribution is 2.28. The van der Waals surface area contributed by atoms with E-state index in [1.165, 1.54) is 12.8 Å². The van der Waals surface area contributed by atoms with Crippen LogP contribution in [0.25, 0.3) is 0 Å². The standard InChI is InChI=1S/C17H27FN2/c1-5-7-14-11-20(17(10-19-14)12(2)3)16-9-6-8-15(18)13(16)4/h6,8-9,12,14,17,19H,5,7,10-11H2,1-4H3. The van der Waals surface area contributed by atoms with Gasteiger partial charge >= 0.3 is 0 Å². The Balaban J connectivity index is 2.29. The molecule has 0 spiro atoms. The van der Waals surface area contributed by atoms with Crippen molar-refractivity contribution < 1.29 is 4.39 Å². The van der Waals surface area contributed by atoms with Crippen molar-refractivity contribution in [3.63, 3.8) is 0 Å². The molecule has 1 N–H and O–H groups in total. The van der Waals surface area contributed by atoms with E-state index in [9.17, 15) is 4.39 Å².